The molecule has 0 aromatic heterocycles. The summed E-state index contributed by atoms with van der Waals surface area (Å²) < 4.78 is 4.87. The lowest BCUT2D eigenvalue weighted by molar-refractivity contribution is -0.146. The van der Waals surface area contributed by atoms with Gasteiger partial charge in [-0.25, -0.2) is 0 Å². The van der Waals surface area contributed by atoms with Gasteiger partial charge < -0.3 is 15.4 Å². The third-order valence-electron chi connectivity index (χ3n) is 3.61. The van der Waals surface area contributed by atoms with Crippen molar-refractivity contribution in [3.8, 4) is 0 Å². The van der Waals surface area contributed by atoms with Gasteiger partial charge in [0, 0.05) is 11.3 Å². The van der Waals surface area contributed by atoms with E-state index in [2.05, 4.69) is 10.6 Å². The fraction of sp³-hybridized carbons (Fsp3) is 0.211. The molecular weight excluding hydrogens is 391 g/mol. The molecule has 27 heavy (non-hydrogen) atoms. The molecule has 2 rings (SSSR count). The number of carbonyl (C=O) groups is 3. The van der Waals surface area contributed by atoms with Crippen LogP contribution < -0.4 is 10.6 Å². The van der Waals surface area contributed by atoms with Crippen molar-refractivity contribution in [1.29, 1.82) is 0 Å². The lowest BCUT2D eigenvalue weighted by atomic mass is 10.1. The first-order valence-corrected chi connectivity index (χ1v) is 8.93. The van der Waals surface area contributed by atoms with Crippen LogP contribution in [0.5, 0.6) is 0 Å². The standard InChI is InChI=1S/C19H18Cl2N2O4/c1-2-12-5-3-4-6-16(12)23-17(24)11-27-18(25)10-22-19(26)13-7-8-14(20)15(21)9-13/h3-9H,2,10-11H2,1H3,(H,22,26)(H,23,24). The molecule has 0 heterocycles. The molecule has 142 valence electrons. The van der Waals surface area contributed by atoms with Crippen molar-refractivity contribution in [2.45, 2.75) is 13.3 Å². The number of hydrogen-bond donors (Lipinski definition) is 2. The zero-order valence-electron chi connectivity index (χ0n) is 14.6. The molecule has 6 nitrogen and oxygen atoms in total. The number of esters is 1. The maximum absolute atomic E-state index is 12.0. The second-order valence-electron chi connectivity index (χ2n) is 5.53. The topological polar surface area (TPSA) is 84.5 Å². The van der Waals surface area contributed by atoms with Gasteiger partial charge in [-0.1, -0.05) is 48.3 Å². The summed E-state index contributed by atoms with van der Waals surface area (Å²) in [6.45, 7) is 1.15. The number of aryl methyl sites for hydroxylation is 1. The van der Waals surface area contributed by atoms with Gasteiger partial charge in [-0.15, -0.1) is 0 Å². The minimum absolute atomic E-state index is 0.232. The summed E-state index contributed by atoms with van der Waals surface area (Å²) in [5.41, 5.74) is 1.91. The first-order valence-electron chi connectivity index (χ1n) is 8.17. The maximum atomic E-state index is 12.0. The number of para-hydroxylation sites is 1. The van der Waals surface area contributed by atoms with Gasteiger partial charge in [0.05, 0.1) is 10.0 Å². The quantitative estimate of drug-likeness (QED) is 0.686. The number of carbonyl (C=O) groups excluding carboxylic acids is 3. The number of nitrogens with one attached hydrogen (secondary N) is 2. The van der Waals surface area contributed by atoms with Crippen LogP contribution in [0.15, 0.2) is 42.5 Å². The van der Waals surface area contributed by atoms with Crippen molar-refractivity contribution < 1.29 is 19.1 Å². The fourth-order valence-electron chi connectivity index (χ4n) is 2.23. The van der Waals surface area contributed by atoms with E-state index in [1.807, 2.05) is 19.1 Å². The molecule has 0 atom stereocenters. The molecule has 0 fully saturated rings. The lowest BCUT2D eigenvalue weighted by Gasteiger charge is -2.10. The number of ether oxygens (including phenoxy) is 1. The average molecular weight is 409 g/mol. The average Bonchev–Trinajstić information content (AvgIpc) is 2.67. The highest BCUT2D eigenvalue weighted by molar-refractivity contribution is 6.42. The van der Waals surface area contributed by atoms with E-state index < -0.39 is 24.4 Å². The fourth-order valence-corrected chi connectivity index (χ4v) is 2.52. The van der Waals surface area contributed by atoms with E-state index in [1.54, 1.807) is 12.1 Å². The molecular formula is C19H18Cl2N2O4. The zero-order chi connectivity index (χ0) is 19.8. The van der Waals surface area contributed by atoms with Gasteiger partial charge in [0.15, 0.2) is 6.61 Å². The Balaban J connectivity index is 1.77. The molecule has 2 aromatic rings. The van der Waals surface area contributed by atoms with Gasteiger partial charge in [-0.2, -0.15) is 0 Å². The van der Waals surface area contributed by atoms with Crippen LogP contribution in [0.25, 0.3) is 0 Å². The molecule has 2 amide bonds. The van der Waals surface area contributed by atoms with Gasteiger partial charge in [-0.3, -0.25) is 14.4 Å². The second kappa shape index (κ2) is 9.94. The van der Waals surface area contributed by atoms with Crippen molar-refractivity contribution in [1.82, 2.24) is 5.32 Å². The number of amides is 2. The van der Waals surface area contributed by atoms with E-state index in [9.17, 15) is 14.4 Å². The minimum Gasteiger partial charge on any atom is -0.454 e. The highest BCUT2D eigenvalue weighted by atomic mass is 35.5. The van der Waals surface area contributed by atoms with Crippen LogP contribution in [0.3, 0.4) is 0 Å². The molecule has 0 saturated carbocycles. The van der Waals surface area contributed by atoms with Crippen LogP contribution in [-0.2, 0) is 20.7 Å². The number of hydrogen-bond acceptors (Lipinski definition) is 4. The number of benzene rings is 2. The number of halogens is 2. The van der Waals surface area contributed by atoms with E-state index in [1.165, 1.54) is 18.2 Å². The van der Waals surface area contributed by atoms with Gasteiger partial charge >= 0.3 is 5.97 Å². The monoisotopic (exact) mass is 408 g/mol. The van der Waals surface area contributed by atoms with E-state index >= 15 is 0 Å². The Morgan fingerprint density at radius 2 is 1.78 bits per heavy atom. The van der Waals surface area contributed by atoms with Gasteiger partial charge in [-0.05, 0) is 36.2 Å². The van der Waals surface area contributed by atoms with E-state index in [4.69, 9.17) is 27.9 Å². The van der Waals surface area contributed by atoms with E-state index in [0.717, 1.165) is 12.0 Å². The molecule has 0 aliphatic heterocycles. The Labute approximate surface area is 166 Å². The summed E-state index contributed by atoms with van der Waals surface area (Å²) in [6.07, 6.45) is 0.761. The molecule has 2 aromatic carbocycles. The summed E-state index contributed by atoms with van der Waals surface area (Å²) in [4.78, 5) is 35.6. The van der Waals surface area contributed by atoms with Crippen LogP contribution in [-0.4, -0.2) is 30.9 Å². The second-order valence-corrected chi connectivity index (χ2v) is 6.35. The van der Waals surface area contributed by atoms with Crippen molar-refractivity contribution in [2.24, 2.45) is 0 Å². The van der Waals surface area contributed by atoms with Crippen molar-refractivity contribution in [2.75, 3.05) is 18.5 Å². The first kappa shape index (κ1) is 20.7. The van der Waals surface area contributed by atoms with Crippen LogP contribution in [0, 0.1) is 0 Å². The predicted molar refractivity (Wildman–Crippen MR) is 104 cm³/mol. The predicted octanol–water partition coefficient (Wildman–Crippen LogP) is 3.47. The van der Waals surface area contributed by atoms with Crippen molar-refractivity contribution >= 4 is 46.7 Å². The summed E-state index contributed by atoms with van der Waals surface area (Å²) in [5, 5.41) is 5.63. The third kappa shape index (κ3) is 6.27. The van der Waals surface area contributed by atoms with E-state index in [-0.39, 0.29) is 17.1 Å². The van der Waals surface area contributed by atoms with Crippen LogP contribution in [0.2, 0.25) is 10.0 Å². The molecule has 0 bridgehead atoms. The molecule has 0 radical (unpaired) electrons. The smallest absolute Gasteiger partial charge is 0.325 e. The van der Waals surface area contributed by atoms with Gasteiger partial charge in [0.1, 0.15) is 6.54 Å². The molecule has 0 aliphatic carbocycles. The summed E-state index contributed by atoms with van der Waals surface area (Å²) in [5.74, 6) is -1.70. The molecule has 0 unspecified atom stereocenters. The third-order valence-corrected chi connectivity index (χ3v) is 4.35. The van der Waals surface area contributed by atoms with Gasteiger partial charge in [0.25, 0.3) is 11.8 Å². The normalized spacial score (nSPS) is 10.2. The van der Waals surface area contributed by atoms with Crippen LogP contribution >= 0.6 is 23.2 Å². The molecule has 0 saturated heterocycles. The highest BCUT2D eigenvalue weighted by Crippen LogP contribution is 2.22. The molecule has 2 N–H and O–H groups in total. The minimum atomic E-state index is -0.734. The van der Waals surface area contributed by atoms with E-state index in [0.29, 0.717) is 10.7 Å². The molecule has 8 heteroatoms. The zero-order valence-corrected chi connectivity index (χ0v) is 16.1. The SMILES string of the molecule is CCc1ccccc1NC(=O)COC(=O)CNC(=O)c1ccc(Cl)c(Cl)c1. The molecule has 0 spiro atoms. The maximum Gasteiger partial charge on any atom is 0.325 e. The first-order chi connectivity index (χ1) is 12.9. The Kier molecular flexibility index (Phi) is 7.64. The highest BCUT2D eigenvalue weighted by Gasteiger charge is 2.12. The van der Waals surface area contributed by atoms with Crippen LogP contribution in [0.4, 0.5) is 5.69 Å². The summed E-state index contributed by atoms with van der Waals surface area (Å²) in [7, 11) is 0. The van der Waals surface area contributed by atoms with Crippen molar-refractivity contribution in [3.63, 3.8) is 0 Å². The Morgan fingerprint density at radius 1 is 1.04 bits per heavy atom. The molecule has 0 aliphatic rings. The summed E-state index contributed by atoms with van der Waals surface area (Å²) in [6, 6.07) is 11.7. The Morgan fingerprint density at radius 3 is 2.48 bits per heavy atom. The van der Waals surface area contributed by atoms with Gasteiger partial charge in [0.2, 0.25) is 0 Å². The van der Waals surface area contributed by atoms with Crippen LogP contribution in [0.1, 0.15) is 22.8 Å². The Hall–Kier alpha value is -2.57. The number of rotatable bonds is 7. The largest absolute Gasteiger partial charge is 0.454 e. The Bertz CT molecular complexity index is 855. The van der Waals surface area contributed by atoms with Crippen molar-refractivity contribution in [3.05, 3.63) is 63.6 Å². The summed E-state index contributed by atoms with van der Waals surface area (Å²) >= 11 is 11.6. The lowest BCUT2D eigenvalue weighted by Crippen LogP contribution is -2.32. The number of anilines is 1.